The fourth-order valence-electron chi connectivity index (χ4n) is 10.2. The van der Waals surface area contributed by atoms with Gasteiger partial charge in [0.05, 0.1) is 27.7 Å². The second-order valence-electron chi connectivity index (χ2n) is 26.6. The number of carbonyl (C=O) groups excluding carboxylic acids is 2. The van der Waals surface area contributed by atoms with Crippen LogP contribution in [0, 0.1) is 0 Å². The highest BCUT2D eigenvalue weighted by atomic mass is 31.2. The van der Waals surface area contributed by atoms with E-state index in [1.807, 2.05) is 21.1 Å². The van der Waals surface area contributed by atoms with E-state index in [1.54, 1.807) is 0 Å². The van der Waals surface area contributed by atoms with Crippen molar-refractivity contribution in [3.63, 3.8) is 0 Å². The van der Waals surface area contributed by atoms with E-state index in [4.69, 9.17) is 18.5 Å². The van der Waals surface area contributed by atoms with Crippen LogP contribution in [0.15, 0.2) is 194 Å². The van der Waals surface area contributed by atoms with E-state index in [0.29, 0.717) is 17.4 Å². The van der Waals surface area contributed by atoms with Gasteiger partial charge in [-0.25, -0.2) is 4.57 Å². The van der Waals surface area contributed by atoms with E-state index < -0.39 is 26.5 Å². The highest BCUT2D eigenvalue weighted by molar-refractivity contribution is 7.47. The molecule has 9 nitrogen and oxygen atoms in total. The Labute approximate surface area is 603 Å². The molecule has 1 N–H and O–H groups in total. The SMILES string of the molecule is CC/C=C\C/C=C\C/C=C\C/C=C\C/C=C\C/C=C\C/C=C\C/C=C\CCCCCCCCCCCCCCCCCCC(=O)OC(COC(=O)CCCCCCCCCC/C=C\C/C=C\C/C=C\C/C=C\C/C=C\C/C=C\C/C=C\C/C=C\CC)COP(=O)(O)OCC[N+](C)(C)C. The average Bonchev–Trinajstić information content (AvgIpc) is 1.08. The molecule has 0 aromatic heterocycles. The molecule has 0 heterocycles. The first-order chi connectivity index (χ1) is 48.0. The maximum Gasteiger partial charge on any atom is 0.472 e. The van der Waals surface area contributed by atoms with Gasteiger partial charge in [0, 0.05) is 12.8 Å². The Hall–Kier alpha value is -5.15. The molecule has 0 bridgehead atoms. The monoisotopic (exact) mass is 1380 g/mol. The summed E-state index contributed by atoms with van der Waals surface area (Å²) in [5.41, 5.74) is 0. The van der Waals surface area contributed by atoms with Crippen LogP contribution < -0.4 is 0 Å². The van der Waals surface area contributed by atoms with Crippen molar-refractivity contribution in [2.24, 2.45) is 0 Å². The maximum atomic E-state index is 12.9. The minimum atomic E-state index is -4.41. The minimum absolute atomic E-state index is 0.0220. The van der Waals surface area contributed by atoms with Crippen molar-refractivity contribution in [3.05, 3.63) is 194 Å². The van der Waals surface area contributed by atoms with Gasteiger partial charge in [0.25, 0.3) is 0 Å². The smallest absolute Gasteiger partial charge is 0.462 e. The molecule has 0 aliphatic carbocycles. The summed E-state index contributed by atoms with van der Waals surface area (Å²) in [7, 11) is 1.46. The topological polar surface area (TPSA) is 108 Å². The molecule has 0 aliphatic heterocycles. The number of likely N-dealkylation sites (N-methyl/N-ethyl adjacent to an activating group) is 1. The number of phosphoric acid groups is 1. The van der Waals surface area contributed by atoms with Crippen LogP contribution in [0.4, 0.5) is 0 Å². The summed E-state index contributed by atoms with van der Waals surface area (Å²) in [6.07, 6.45) is 118. The van der Waals surface area contributed by atoms with Crippen LogP contribution in [0.1, 0.15) is 296 Å². The van der Waals surface area contributed by atoms with E-state index in [9.17, 15) is 19.0 Å². The fourth-order valence-corrected chi connectivity index (χ4v) is 11.0. The van der Waals surface area contributed by atoms with E-state index in [0.717, 1.165) is 154 Å². The molecule has 0 saturated carbocycles. The highest BCUT2D eigenvalue weighted by Gasteiger charge is 2.27. The third-order valence-corrected chi connectivity index (χ3v) is 17.1. The first-order valence-corrected chi connectivity index (χ1v) is 40.7. The summed E-state index contributed by atoms with van der Waals surface area (Å²) in [5.74, 6) is -0.812. The Kier molecular flexibility index (Phi) is 72.0. The Morgan fingerprint density at radius 3 is 0.816 bits per heavy atom. The molecule has 0 spiro atoms. The van der Waals surface area contributed by atoms with Crippen molar-refractivity contribution >= 4 is 19.8 Å². The zero-order chi connectivity index (χ0) is 71.1. The number of phosphoric ester groups is 1. The lowest BCUT2D eigenvalue weighted by atomic mass is 10.0. The molecule has 0 aliphatic rings. The van der Waals surface area contributed by atoms with Gasteiger partial charge in [0.15, 0.2) is 6.10 Å². The van der Waals surface area contributed by atoms with Crippen LogP contribution in [0.5, 0.6) is 0 Å². The Balaban J connectivity index is 4.06. The number of allylic oxidation sites excluding steroid dienone is 32. The standard InChI is InChI=1S/C88H144NO8P/c1-6-8-10-12-14-16-18-20-22-24-26-28-30-32-34-36-38-40-41-42-43-44-45-46-47-49-51-53-55-57-59-61-63-65-67-69-71-73-75-77-79-81-88(91)97-86(85-96-98(92,93)95-83-82-89(3,4)5)84-94-87(90)80-78-76-74-72-70-68-66-64-62-60-58-56-54-52-50-48-39-37-35-33-31-29-27-25-23-21-19-17-15-13-11-9-7-2/h8-11,14-17,20-23,26-29,32-35,38-40,42-43,45-46,48,52,54,58,60,86H,6-7,12-13,18-19,24-25,30-31,36-37,41,44,47,49-51,53,55-57,59,61-85H2,1-5H3/p+1/b10-8-,11-9-,16-14-,17-15-,22-20-,23-21-,28-26-,29-27-,34-32-,35-33-,40-38-,43-42-,46-45-,48-39-,54-52-,60-58-. The number of esters is 2. The van der Waals surface area contributed by atoms with Crippen molar-refractivity contribution < 1.29 is 42.1 Å². The lowest BCUT2D eigenvalue weighted by Crippen LogP contribution is -2.37. The van der Waals surface area contributed by atoms with Crippen LogP contribution in [0.3, 0.4) is 0 Å². The summed E-state index contributed by atoms with van der Waals surface area (Å²) in [5, 5.41) is 0. The van der Waals surface area contributed by atoms with Crippen LogP contribution in [0.25, 0.3) is 0 Å². The van der Waals surface area contributed by atoms with Crippen molar-refractivity contribution in [2.75, 3.05) is 47.5 Å². The summed E-state index contributed by atoms with van der Waals surface area (Å²) >= 11 is 0. The quantitative estimate of drug-likeness (QED) is 0.0211. The number of nitrogens with zero attached hydrogens (tertiary/aromatic N) is 1. The summed E-state index contributed by atoms with van der Waals surface area (Å²) in [6.45, 7) is 4.19. The van der Waals surface area contributed by atoms with Gasteiger partial charge >= 0.3 is 19.8 Å². The van der Waals surface area contributed by atoms with Gasteiger partial charge in [-0.05, 0) is 141 Å². The number of hydrogen-bond donors (Lipinski definition) is 1. The van der Waals surface area contributed by atoms with E-state index >= 15 is 0 Å². The lowest BCUT2D eigenvalue weighted by Gasteiger charge is -2.24. The van der Waals surface area contributed by atoms with Crippen molar-refractivity contribution in [1.29, 1.82) is 0 Å². The van der Waals surface area contributed by atoms with Gasteiger partial charge < -0.3 is 18.9 Å². The number of ether oxygens (including phenoxy) is 2. The molecule has 2 atom stereocenters. The van der Waals surface area contributed by atoms with Crippen molar-refractivity contribution in [2.45, 2.75) is 302 Å². The molecule has 554 valence electrons. The van der Waals surface area contributed by atoms with Crippen LogP contribution in [-0.4, -0.2) is 74.9 Å². The lowest BCUT2D eigenvalue weighted by molar-refractivity contribution is -0.870. The minimum Gasteiger partial charge on any atom is -0.462 e. The number of unbranched alkanes of at least 4 members (excludes halogenated alkanes) is 24. The zero-order valence-electron chi connectivity index (χ0n) is 63.2. The Bertz CT molecular complexity index is 2360. The van der Waals surface area contributed by atoms with Gasteiger partial charge in [-0.2, -0.15) is 0 Å². The maximum absolute atomic E-state index is 12.9. The molecular formula is C88H145NO8P+. The van der Waals surface area contributed by atoms with Gasteiger partial charge in [-0.15, -0.1) is 0 Å². The fraction of sp³-hybridized carbons (Fsp3) is 0.614. The number of quaternary nitrogens is 1. The molecule has 0 aromatic carbocycles. The molecule has 0 aromatic rings. The Morgan fingerprint density at radius 2 is 0.551 bits per heavy atom. The average molecular weight is 1380 g/mol. The molecular weight excluding hydrogens is 1230 g/mol. The first kappa shape index (κ1) is 92.8. The van der Waals surface area contributed by atoms with Crippen LogP contribution >= 0.6 is 7.82 Å². The summed E-state index contributed by atoms with van der Waals surface area (Å²) < 4.78 is 34.8. The molecule has 2 unspecified atom stereocenters. The van der Waals surface area contributed by atoms with Crippen LogP contribution in [0.2, 0.25) is 0 Å². The van der Waals surface area contributed by atoms with Gasteiger partial charge in [-0.3, -0.25) is 18.6 Å². The van der Waals surface area contributed by atoms with Crippen LogP contribution in [-0.2, 0) is 32.7 Å². The summed E-state index contributed by atoms with van der Waals surface area (Å²) in [4.78, 5) is 36.0. The van der Waals surface area contributed by atoms with Gasteiger partial charge in [-0.1, -0.05) is 337 Å². The number of rotatable bonds is 70. The van der Waals surface area contributed by atoms with Crippen molar-refractivity contribution in [3.8, 4) is 0 Å². The second kappa shape index (κ2) is 76.0. The predicted molar refractivity (Wildman–Crippen MR) is 426 cm³/mol. The third kappa shape index (κ3) is 79.8. The molecule has 0 fully saturated rings. The third-order valence-electron chi connectivity index (χ3n) is 16.1. The van der Waals surface area contributed by atoms with Gasteiger partial charge in [0.1, 0.15) is 19.8 Å². The van der Waals surface area contributed by atoms with Crippen molar-refractivity contribution in [1.82, 2.24) is 0 Å². The van der Waals surface area contributed by atoms with E-state index in [2.05, 4.69) is 208 Å². The van der Waals surface area contributed by atoms with Gasteiger partial charge in [0.2, 0.25) is 0 Å². The number of hydrogen-bond acceptors (Lipinski definition) is 7. The number of carbonyl (C=O) groups is 2. The molecule has 10 heteroatoms. The molecule has 0 amide bonds. The molecule has 0 rings (SSSR count). The van der Waals surface area contributed by atoms with E-state index in [1.165, 1.54) is 109 Å². The molecule has 0 radical (unpaired) electrons. The predicted octanol–water partition coefficient (Wildman–Crippen LogP) is 26.4. The molecule has 98 heavy (non-hydrogen) atoms. The van der Waals surface area contributed by atoms with E-state index in [-0.39, 0.29) is 32.0 Å². The molecule has 0 saturated heterocycles. The Morgan fingerprint density at radius 1 is 0.316 bits per heavy atom. The normalized spacial score (nSPS) is 14.1. The highest BCUT2D eigenvalue weighted by Crippen LogP contribution is 2.43. The first-order valence-electron chi connectivity index (χ1n) is 39.2. The largest absolute Gasteiger partial charge is 0.472 e. The second-order valence-corrected chi connectivity index (χ2v) is 28.1. The zero-order valence-corrected chi connectivity index (χ0v) is 64.1. The summed E-state index contributed by atoms with van der Waals surface area (Å²) in [6, 6.07) is 0.